The summed E-state index contributed by atoms with van der Waals surface area (Å²) in [5.74, 6) is 0. The highest BCUT2D eigenvalue weighted by Crippen LogP contribution is 2.25. The summed E-state index contributed by atoms with van der Waals surface area (Å²) in [7, 11) is 0. The molecule has 0 fully saturated rings. The topological polar surface area (TPSA) is 37.8 Å². The van der Waals surface area contributed by atoms with Crippen LogP contribution >= 0.6 is 11.3 Å². The zero-order valence-corrected chi connectivity index (χ0v) is 13.5. The van der Waals surface area contributed by atoms with Gasteiger partial charge in [0.15, 0.2) is 0 Å². The molecule has 0 saturated carbocycles. The summed E-state index contributed by atoms with van der Waals surface area (Å²) < 4.78 is 0. The van der Waals surface area contributed by atoms with Gasteiger partial charge in [-0.05, 0) is 50.9 Å². The number of aromatic nitrogens is 2. The summed E-state index contributed by atoms with van der Waals surface area (Å²) in [6.07, 6.45) is 5.90. The van der Waals surface area contributed by atoms with Crippen LogP contribution in [0, 0.1) is 20.8 Å². The highest BCUT2D eigenvalue weighted by molar-refractivity contribution is 7.11. The first kappa shape index (κ1) is 15.1. The first-order valence-electron chi connectivity index (χ1n) is 7.18. The minimum atomic E-state index is 0.300. The summed E-state index contributed by atoms with van der Waals surface area (Å²) in [4.78, 5) is 10.3. The van der Waals surface area contributed by atoms with Crippen LogP contribution in [0.3, 0.4) is 0 Å². The van der Waals surface area contributed by atoms with Crippen LogP contribution in [0.4, 0.5) is 0 Å². The number of thiazole rings is 1. The van der Waals surface area contributed by atoms with E-state index in [0.717, 1.165) is 25.1 Å². The van der Waals surface area contributed by atoms with Gasteiger partial charge in [0.05, 0.1) is 10.7 Å². The van der Waals surface area contributed by atoms with E-state index in [0.29, 0.717) is 6.04 Å². The Labute approximate surface area is 125 Å². The van der Waals surface area contributed by atoms with Gasteiger partial charge in [0.25, 0.3) is 0 Å². The van der Waals surface area contributed by atoms with Crippen LogP contribution in [0.1, 0.15) is 46.1 Å². The molecule has 0 aliphatic carbocycles. The Morgan fingerprint density at radius 1 is 1.30 bits per heavy atom. The van der Waals surface area contributed by atoms with E-state index in [-0.39, 0.29) is 0 Å². The molecule has 0 aromatic carbocycles. The van der Waals surface area contributed by atoms with Crippen LogP contribution in [0.15, 0.2) is 18.5 Å². The van der Waals surface area contributed by atoms with Gasteiger partial charge in [-0.2, -0.15) is 0 Å². The molecule has 0 bridgehead atoms. The smallest absolute Gasteiger partial charge is 0.0949 e. The Kier molecular flexibility index (Phi) is 5.26. The van der Waals surface area contributed by atoms with Gasteiger partial charge in [0.2, 0.25) is 0 Å². The lowest BCUT2D eigenvalue weighted by molar-refractivity contribution is 0.524. The minimum Gasteiger partial charge on any atom is -0.310 e. The Hall–Kier alpha value is -1.26. The predicted molar refractivity (Wildman–Crippen MR) is 85.3 cm³/mol. The molecule has 2 aromatic rings. The number of nitrogens with one attached hydrogen (secondary N) is 1. The lowest BCUT2D eigenvalue weighted by Gasteiger charge is -2.19. The third-order valence-electron chi connectivity index (χ3n) is 3.55. The molecule has 1 N–H and O–H groups in total. The van der Waals surface area contributed by atoms with Gasteiger partial charge in [-0.3, -0.25) is 4.98 Å². The van der Waals surface area contributed by atoms with Crippen LogP contribution in [-0.4, -0.2) is 16.5 Å². The highest BCUT2D eigenvalue weighted by atomic mass is 32.1. The Morgan fingerprint density at radius 2 is 2.10 bits per heavy atom. The van der Waals surface area contributed by atoms with Crippen molar-refractivity contribution in [2.75, 3.05) is 6.54 Å². The first-order valence-corrected chi connectivity index (χ1v) is 8.00. The fourth-order valence-electron chi connectivity index (χ4n) is 2.25. The maximum Gasteiger partial charge on any atom is 0.0949 e. The fraction of sp³-hybridized carbons (Fsp3) is 0.500. The Bertz CT molecular complexity index is 543. The number of rotatable bonds is 6. The van der Waals surface area contributed by atoms with Crippen LogP contribution < -0.4 is 5.32 Å². The lowest BCUT2D eigenvalue weighted by Crippen LogP contribution is -2.25. The molecule has 0 spiro atoms. The molecular weight excluding hydrogens is 266 g/mol. The van der Waals surface area contributed by atoms with Crippen molar-refractivity contribution in [2.24, 2.45) is 0 Å². The van der Waals surface area contributed by atoms with Crippen molar-refractivity contribution < 1.29 is 0 Å². The summed E-state index contributed by atoms with van der Waals surface area (Å²) in [6, 6.07) is 2.38. The van der Waals surface area contributed by atoms with E-state index >= 15 is 0 Å². The molecule has 0 aliphatic rings. The van der Waals surface area contributed by atoms with Gasteiger partial charge in [-0.25, -0.2) is 4.98 Å². The van der Waals surface area contributed by atoms with E-state index in [1.807, 2.05) is 12.4 Å². The zero-order chi connectivity index (χ0) is 14.5. The standard InChI is InChI=1S/C16H23N3S/c1-5-7-18-15(14-10-17-8-6-11(14)2)9-16-19-12(3)13(4)20-16/h6,8,10,15,18H,5,7,9H2,1-4H3. The molecule has 108 valence electrons. The fourth-order valence-corrected chi connectivity index (χ4v) is 3.23. The second-order valence-corrected chi connectivity index (χ2v) is 6.48. The molecule has 2 rings (SSSR count). The number of hydrogen-bond donors (Lipinski definition) is 1. The van der Waals surface area contributed by atoms with E-state index in [1.165, 1.54) is 21.0 Å². The number of nitrogens with zero attached hydrogens (tertiary/aromatic N) is 2. The third-order valence-corrected chi connectivity index (χ3v) is 4.64. The molecule has 2 heterocycles. The lowest BCUT2D eigenvalue weighted by atomic mass is 10.0. The normalized spacial score (nSPS) is 12.6. The van der Waals surface area contributed by atoms with Gasteiger partial charge in [0.1, 0.15) is 0 Å². The maximum atomic E-state index is 4.67. The van der Waals surface area contributed by atoms with Crippen LogP contribution in [0.5, 0.6) is 0 Å². The van der Waals surface area contributed by atoms with Gasteiger partial charge in [-0.15, -0.1) is 11.3 Å². The molecule has 20 heavy (non-hydrogen) atoms. The van der Waals surface area contributed by atoms with E-state index in [9.17, 15) is 0 Å². The van der Waals surface area contributed by atoms with Gasteiger partial charge in [0, 0.05) is 29.7 Å². The molecule has 0 aliphatic heterocycles. The average Bonchev–Trinajstić information content (AvgIpc) is 2.74. The monoisotopic (exact) mass is 289 g/mol. The van der Waals surface area contributed by atoms with Crippen LogP contribution in [0.2, 0.25) is 0 Å². The van der Waals surface area contributed by atoms with Crippen molar-refractivity contribution in [1.29, 1.82) is 0 Å². The number of aryl methyl sites for hydroxylation is 3. The summed E-state index contributed by atoms with van der Waals surface area (Å²) >= 11 is 1.81. The molecule has 0 saturated heterocycles. The predicted octanol–water partition coefficient (Wildman–Crippen LogP) is 3.75. The van der Waals surface area contributed by atoms with Gasteiger partial charge < -0.3 is 5.32 Å². The molecule has 1 atom stereocenters. The zero-order valence-electron chi connectivity index (χ0n) is 12.7. The molecule has 0 amide bonds. The second-order valence-electron chi connectivity index (χ2n) is 5.19. The quantitative estimate of drug-likeness (QED) is 0.880. The van der Waals surface area contributed by atoms with Crippen molar-refractivity contribution in [3.8, 4) is 0 Å². The molecule has 4 heteroatoms. The molecule has 1 unspecified atom stereocenters. The molecule has 2 aromatic heterocycles. The number of pyridine rings is 1. The Balaban J connectivity index is 2.21. The SMILES string of the molecule is CCCNC(Cc1nc(C)c(C)s1)c1cnccc1C. The van der Waals surface area contributed by atoms with Crippen molar-refractivity contribution in [3.63, 3.8) is 0 Å². The van der Waals surface area contributed by atoms with E-state index in [1.54, 1.807) is 11.3 Å². The summed E-state index contributed by atoms with van der Waals surface area (Å²) in [5, 5.41) is 4.84. The summed E-state index contributed by atoms with van der Waals surface area (Å²) in [6.45, 7) is 9.58. The second kappa shape index (κ2) is 6.95. The third kappa shape index (κ3) is 3.64. The van der Waals surface area contributed by atoms with Crippen molar-refractivity contribution in [1.82, 2.24) is 15.3 Å². The van der Waals surface area contributed by atoms with Gasteiger partial charge >= 0.3 is 0 Å². The van der Waals surface area contributed by atoms with Crippen molar-refractivity contribution in [2.45, 2.75) is 46.6 Å². The molecule has 0 radical (unpaired) electrons. The largest absolute Gasteiger partial charge is 0.310 e. The van der Waals surface area contributed by atoms with Crippen LogP contribution in [0.25, 0.3) is 0 Å². The average molecular weight is 289 g/mol. The summed E-state index contributed by atoms with van der Waals surface area (Å²) in [5.41, 5.74) is 3.73. The highest BCUT2D eigenvalue weighted by Gasteiger charge is 2.16. The molecule has 3 nitrogen and oxygen atoms in total. The van der Waals surface area contributed by atoms with E-state index < -0.39 is 0 Å². The number of hydrogen-bond acceptors (Lipinski definition) is 4. The molecular formula is C16H23N3S. The van der Waals surface area contributed by atoms with Crippen molar-refractivity contribution >= 4 is 11.3 Å². The van der Waals surface area contributed by atoms with E-state index in [2.05, 4.69) is 49.0 Å². The van der Waals surface area contributed by atoms with Crippen molar-refractivity contribution in [3.05, 3.63) is 45.2 Å². The van der Waals surface area contributed by atoms with E-state index in [4.69, 9.17) is 0 Å². The Morgan fingerprint density at radius 3 is 2.70 bits per heavy atom. The van der Waals surface area contributed by atoms with Crippen LogP contribution in [-0.2, 0) is 6.42 Å². The maximum absolute atomic E-state index is 4.67. The minimum absolute atomic E-state index is 0.300. The van der Waals surface area contributed by atoms with Gasteiger partial charge in [-0.1, -0.05) is 6.92 Å². The first-order chi connectivity index (χ1) is 9.61.